The number of rotatable bonds is 5. The number of hydrogen-bond acceptors (Lipinski definition) is 6. The van der Waals surface area contributed by atoms with Gasteiger partial charge < -0.3 is 9.84 Å². The minimum Gasteiger partial charge on any atom is -0.449 e. The molecule has 0 fully saturated rings. The summed E-state index contributed by atoms with van der Waals surface area (Å²) in [4.78, 5) is 26.8. The SMILES string of the molecule is O=C(O)Oc1cc(-c2nc(-c3cccc(Cl)c3)cs2)ccc1-c1ccccc1[N+](=O)[O-]. The molecule has 0 aliphatic rings. The Morgan fingerprint density at radius 1 is 1.03 bits per heavy atom. The fourth-order valence-electron chi connectivity index (χ4n) is 3.10. The molecule has 0 aliphatic carbocycles. The summed E-state index contributed by atoms with van der Waals surface area (Å²) in [5.41, 5.74) is 2.61. The van der Waals surface area contributed by atoms with Crippen molar-refractivity contribution in [1.29, 1.82) is 0 Å². The van der Waals surface area contributed by atoms with E-state index in [-0.39, 0.29) is 17.0 Å². The molecule has 0 aliphatic heterocycles. The Kier molecular flexibility index (Phi) is 5.66. The van der Waals surface area contributed by atoms with Gasteiger partial charge in [-0.15, -0.1) is 11.3 Å². The average Bonchev–Trinajstić information content (AvgIpc) is 3.24. The van der Waals surface area contributed by atoms with Crippen molar-refractivity contribution in [2.75, 3.05) is 0 Å². The maximum absolute atomic E-state index is 11.4. The van der Waals surface area contributed by atoms with Gasteiger partial charge in [0, 0.05) is 33.2 Å². The van der Waals surface area contributed by atoms with Gasteiger partial charge in [0.1, 0.15) is 10.8 Å². The number of hydrogen-bond donors (Lipinski definition) is 1. The van der Waals surface area contributed by atoms with Gasteiger partial charge in [0.15, 0.2) is 0 Å². The summed E-state index contributed by atoms with van der Waals surface area (Å²) in [5.74, 6) is -0.0150. The van der Waals surface area contributed by atoms with Crippen LogP contribution in [0.15, 0.2) is 72.1 Å². The predicted octanol–water partition coefficient (Wildman–Crippen LogP) is 6.76. The molecule has 0 saturated heterocycles. The molecule has 0 radical (unpaired) electrons. The lowest BCUT2D eigenvalue weighted by Crippen LogP contribution is -2.05. The first-order chi connectivity index (χ1) is 14.9. The summed E-state index contributed by atoms with van der Waals surface area (Å²) in [6, 6.07) is 18.2. The highest BCUT2D eigenvalue weighted by atomic mass is 35.5. The van der Waals surface area contributed by atoms with Crippen LogP contribution in [0.5, 0.6) is 5.75 Å². The molecule has 1 aromatic heterocycles. The normalized spacial score (nSPS) is 10.6. The van der Waals surface area contributed by atoms with Crippen LogP contribution in [-0.4, -0.2) is 21.2 Å². The van der Waals surface area contributed by atoms with Crippen molar-refractivity contribution in [2.24, 2.45) is 0 Å². The van der Waals surface area contributed by atoms with Gasteiger partial charge in [-0.1, -0.05) is 41.9 Å². The summed E-state index contributed by atoms with van der Waals surface area (Å²) in [5, 5.41) is 23.7. The Balaban J connectivity index is 1.78. The van der Waals surface area contributed by atoms with E-state index < -0.39 is 11.1 Å². The van der Waals surface area contributed by atoms with Crippen LogP contribution in [0.1, 0.15) is 0 Å². The standard InChI is InChI=1S/C22H13ClN2O5S/c23-15-5-3-4-13(10-15)18-12-31-21(24-18)14-8-9-17(20(11-14)30-22(26)27)16-6-1-2-7-19(16)25(28)29/h1-12H,(H,26,27). The number of carbonyl (C=O) groups is 1. The van der Waals surface area contributed by atoms with Crippen LogP contribution >= 0.6 is 22.9 Å². The highest BCUT2D eigenvalue weighted by molar-refractivity contribution is 7.13. The summed E-state index contributed by atoms with van der Waals surface area (Å²) >= 11 is 7.43. The third-order valence-electron chi connectivity index (χ3n) is 4.44. The van der Waals surface area contributed by atoms with Crippen molar-refractivity contribution in [3.8, 4) is 38.7 Å². The fraction of sp³-hybridized carbons (Fsp3) is 0. The van der Waals surface area contributed by atoms with E-state index in [1.807, 2.05) is 17.5 Å². The van der Waals surface area contributed by atoms with Crippen molar-refractivity contribution in [1.82, 2.24) is 4.98 Å². The maximum Gasteiger partial charge on any atom is 0.511 e. The van der Waals surface area contributed by atoms with Crippen molar-refractivity contribution in [3.63, 3.8) is 0 Å². The van der Waals surface area contributed by atoms with Crippen molar-refractivity contribution in [2.45, 2.75) is 0 Å². The molecular weight excluding hydrogens is 440 g/mol. The molecule has 154 valence electrons. The minimum atomic E-state index is -1.52. The van der Waals surface area contributed by atoms with E-state index in [1.54, 1.807) is 42.5 Å². The second-order valence-electron chi connectivity index (χ2n) is 6.40. The average molecular weight is 453 g/mol. The minimum absolute atomic E-state index is 0.0150. The topological polar surface area (TPSA) is 103 Å². The first-order valence-electron chi connectivity index (χ1n) is 8.93. The molecule has 9 heteroatoms. The lowest BCUT2D eigenvalue weighted by atomic mass is 10.0. The summed E-state index contributed by atoms with van der Waals surface area (Å²) in [6.45, 7) is 0. The van der Waals surface area contributed by atoms with Gasteiger partial charge in [-0.25, -0.2) is 9.78 Å². The number of nitrogens with zero attached hydrogens (tertiary/aromatic N) is 2. The molecule has 0 spiro atoms. The van der Waals surface area contributed by atoms with Gasteiger partial charge in [0.25, 0.3) is 5.69 Å². The Bertz CT molecular complexity index is 1300. The summed E-state index contributed by atoms with van der Waals surface area (Å²) in [6.07, 6.45) is -1.52. The first-order valence-corrected chi connectivity index (χ1v) is 10.2. The Morgan fingerprint density at radius 2 is 1.84 bits per heavy atom. The molecule has 0 atom stereocenters. The smallest absolute Gasteiger partial charge is 0.449 e. The molecule has 31 heavy (non-hydrogen) atoms. The Hall–Kier alpha value is -3.75. The lowest BCUT2D eigenvalue weighted by Gasteiger charge is -2.10. The van der Waals surface area contributed by atoms with E-state index in [1.165, 1.54) is 23.5 Å². The van der Waals surface area contributed by atoms with Gasteiger partial charge in [-0.05, 0) is 30.3 Å². The van der Waals surface area contributed by atoms with E-state index in [9.17, 15) is 20.0 Å². The van der Waals surface area contributed by atoms with Crippen molar-refractivity contribution in [3.05, 3.63) is 87.2 Å². The summed E-state index contributed by atoms with van der Waals surface area (Å²) < 4.78 is 4.96. The first kappa shape index (κ1) is 20.5. The van der Waals surface area contributed by atoms with Crippen molar-refractivity contribution >= 4 is 34.8 Å². The van der Waals surface area contributed by atoms with E-state index in [0.717, 1.165) is 11.3 Å². The van der Waals surface area contributed by atoms with E-state index in [4.69, 9.17) is 16.3 Å². The van der Waals surface area contributed by atoms with Crippen LogP contribution in [-0.2, 0) is 0 Å². The molecule has 1 N–H and O–H groups in total. The van der Waals surface area contributed by atoms with Crippen LogP contribution < -0.4 is 4.74 Å². The van der Waals surface area contributed by atoms with Crippen LogP contribution in [0, 0.1) is 10.1 Å². The lowest BCUT2D eigenvalue weighted by molar-refractivity contribution is -0.384. The molecule has 0 saturated carbocycles. The number of carboxylic acid groups (broad SMARTS) is 1. The molecule has 3 aromatic carbocycles. The number of benzene rings is 3. The van der Waals surface area contributed by atoms with Gasteiger partial charge in [0.05, 0.1) is 16.2 Å². The zero-order valence-corrected chi connectivity index (χ0v) is 17.3. The highest BCUT2D eigenvalue weighted by Crippen LogP contribution is 2.39. The zero-order valence-electron chi connectivity index (χ0n) is 15.7. The van der Waals surface area contributed by atoms with Crippen LogP contribution in [0.25, 0.3) is 33.0 Å². The summed E-state index contributed by atoms with van der Waals surface area (Å²) in [7, 11) is 0. The molecule has 7 nitrogen and oxygen atoms in total. The largest absolute Gasteiger partial charge is 0.511 e. The monoisotopic (exact) mass is 452 g/mol. The third-order valence-corrected chi connectivity index (χ3v) is 5.57. The number of thiazole rings is 1. The van der Waals surface area contributed by atoms with Crippen LogP contribution in [0.2, 0.25) is 5.02 Å². The molecule has 4 aromatic rings. The van der Waals surface area contributed by atoms with Gasteiger partial charge in [-0.3, -0.25) is 10.1 Å². The molecule has 1 heterocycles. The number of nitro groups is 1. The van der Waals surface area contributed by atoms with Crippen LogP contribution in [0.3, 0.4) is 0 Å². The molecule has 0 amide bonds. The molecule has 0 unspecified atom stereocenters. The Morgan fingerprint density at radius 3 is 2.58 bits per heavy atom. The number of para-hydroxylation sites is 1. The number of halogens is 1. The fourth-order valence-corrected chi connectivity index (χ4v) is 4.12. The quantitative estimate of drug-likeness (QED) is 0.155. The predicted molar refractivity (Wildman–Crippen MR) is 119 cm³/mol. The van der Waals surface area contributed by atoms with E-state index in [2.05, 4.69) is 4.98 Å². The van der Waals surface area contributed by atoms with E-state index >= 15 is 0 Å². The number of nitro benzene ring substituents is 1. The molecule has 0 bridgehead atoms. The van der Waals surface area contributed by atoms with Gasteiger partial charge >= 0.3 is 6.16 Å². The number of ether oxygens (including phenoxy) is 1. The van der Waals surface area contributed by atoms with E-state index in [0.29, 0.717) is 21.2 Å². The third kappa shape index (κ3) is 4.40. The van der Waals surface area contributed by atoms with Gasteiger partial charge in [-0.2, -0.15) is 0 Å². The van der Waals surface area contributed by atoms with Crippen LogP contribution in [0.4, 0.5) is 10.5 Å². The second-order valence-corrected chi connectivity index (χ2v) is 7.70. The molecular formula is C22H13ClN2O5S. The van der Waals surface area contributed by atoms with Crippen molar-refractivity contribution < 1.29 is 19.6 Å². The number of aromatic nitrogens is 1. The zero-order chi connectivity index (χ0) is 22.0. The molecule has 4 rings (SSSR count). The maximum atomic E-state index is 11.4. The Labute approximate surface area is 185 Å². The highest BCUT2D eigenvalue weighted by Gasteiger charge is 2.20. The van der Waals surface area contributed by atoms with Gasteiger partial charge in [0.2, 0.25) is 0 Å². The second kappa shape index (κ2) is 8.55.